The van der Waals surface area contributed by atoms with Gasteiger partial charge in [-0.05, 0) is 19.0 Å². The Kier molecular flexibility index (Phi) is 5.82. The molecule has 0 fully saturated rings. The molecule has 100 valence electrons. The van der Waals surface area contributed by atoms with Gasteiger partial charge in [-0.2, -0.15) is 0 Å². The highest BCUT2D eigenvalue weighted by molar-refractivity contribution is 5.66. The molecule has 0 amide bonds. The van der Waals surface area contributed by atoms with E-state index >= 15 is 0 Å². The highest BCUT2D eigenvalue weighted by Gasteiger charge is 2.23. The maximum absolute atomic E-state index is 10.6. The van der Waals surface area contributed by atoms with Crippen molar-refractivity contribution in [1.82, 2.24) is 4.90 Å². The summed E-state index contributed by atoms with van der Waals surface area (Å²) in [6, 6.07) is 9.40. The molecule has 0 aliphatic carbocycles. The summed E-state index contributed by atoms with van der Waals surface area (Å²) in [5.41, 5.74) is 0.867. The number of likely N-dealkylation sites (N-methyl/N-ethyl adjacent to an activating group) is 1. The van der Waals surface area contributed by atoms with Crippen LogP contribution in [0.3, 0.4) is 0 Å². The van der Waals surface area contributed by atoms with E-state index in [2.05, 4.69) is 0 Å². The van der Waals surface area contributed by atoms with Gasteiger partial charge < -0.3 is 10.2 Å². The van der Waals surface area contributed by atoms with Crippen molar-refractivity contribution in [3.63, 3.8) is 0 Å². The summed E-state index contributed by atoms with van der Waals surface area (Å²) in [5.74, 6) is -0.814. The average molecular weight is 251 g/mol. The van der Waals surface area contributed by atoms with E-state index in [1.54, 1.807) is 0 Å². The first kappa shape index (κ1) is 14.7. The molecule has 0 aromatic heterocycles. The minimum absolute atomic E-state index is 0.0632. The van der Waals surface area contributed by atoms with Crippen LogP contribution in [0.2, 0.25) is 0 Å². The zero-order valence-electron chi connectivity index (χ0n) is 10.9. The zero-order chi connectivity index (χ0) is 13.5. The fraction of sp³-hybridized carbons (Fsp3) is 0.500. The van der Waals surface area contributed by atoms with Crippen molar-refractivity contribution < 1.29 is 15.0 Å². The lowest BCUT2D eigenvalue weighted by Gasteiger charge is -2.31. The molecule has 0 saturated heterocycles. The van der Waals surface area contributed by atoms with Crippen LogP contribution in [0.4, 0.5) is 0 Å². The Bertz CT molecular complexity index is 367. The Morgan fingerprint density at radius 3 is 2.44 bits per heavy atom. The summed E-state index contributed by atoms with van der Waals surface area (Å²) in [6.45, 7) is 2.44. The Hall–Kier alpha value is -1.39. The number of carboxylic acid groups (broad SMARTS) is 1. The number of rotatable bonds is 7. The van der Waals surface area contributed by atoms with Gasteiger partial charge in [0.05, 0.1) is 12.5 Å². The molecule has 1 aromatic rings. The summed E-state index contributed by atoms with van der Waals surface area (Å²) < 4.78 is 0. The second-order valence-corrected chi connectivity index (χ2v) is 4.46. The molecule has 1 rings (SSSR count). The first-order chi connectivity index (χ1) is 8.56. The fourth-order valence-corrected chi connectivity index (χ4v) is 2.09. The topological polar surface area (TPSA) is 60.8 Å². The highest BCUT2D eigenvalue weighted by atomic mass is 16.4. The van der Waals surface area contributed by atoms with Gasteiger partial charge in [0.1, 0.15) is 0 Å². The van der Waals surface area contributed by atoms with Crippen LogP contribution in [-0.2, 0) is 4.79 Å². The van der Waals surface area contributed by atoms with E-state index in [1.807, 2.05) is 49.2 Å². The largest absolute Gasteiger partial charge is 0.481 e. The average Bonchev–Trinajstić information content (AvgIpc) is 2.38. The number of carboxylic acids is 1. The Morgan fingerprint density at radius 1 is 1.33 bits per heavy atom. The summed E-state index contributed by atoms with van der Waals surface area (Å²) >= 11 is 0. The molecule has 0 saturated carbocycles. The predicted molar refractivity (Wildman–Crippen MR) is 70.4 cm³/mol. The molecule has 1 aromatic carbocycles. The van der Waals surface area contributed by atoms with Gasteiger partial charge in [0.2, 0.25) is 0 Å². The van der Waals surface area contributed by atoms with E-state index in [0.29, 0.717) is 6.54 Å². The lowest BCUT2D eigenvalue weighted by molar-refractivity contribution is -0.137. The van der Waals surface area contributed by atoms with Crippen molar-refractivity contribution in [2.24, 2.45) is 0 Å². The van der Waals surface area contributed by atoms with Crippen LogP contribution in [0.15, 0.2) is 30.3 Å². The number of nitrogens with zero attached hydrogens (tertiary/aromatic N) is 1. The highest BCUT2D eigenvalue weighted by Crippen LogP contribution is 2.22. The number of carbonyl (C=O) groups is 1. The number of aliphatic hydroxyl groups is 1. The molecule has 2 unspecified atom stereocenters. The minimum atomic E-state index is -0.814. The first-order valence-corrected chi connectivity index (χ1v) is 6.21. The van der Waals surface area contributed by atoms with E-state index in [-0.39, 0.29) is 12.5 Å². The molecule has 0 aliphatic rings. The number of aliphatic hydroxyl groups excluding tert-OH is 1. The lowest BCUT2D eigenvalue weighted by atomic mass is 9.99. The van der Waals surface area contributed by atoms with E-state index < -0.39 is 12.1 Å². The fourth-order valence-electron chi connectivity index (χ4n) is 2.09. The monoisotopic (exact) mass is 251 g/mol. The molecular weight excluding hydrogens is 230 g/mol. The van der Waals surface area contributed by atoms with Crippen LogP contribution in [0.1, 0.15) is 31.4 Å². The van der Waals surface area contributed by atoms with E-state index in [4.69, 9.17) is 5.11 Å². The molecule has 18 heavy (non-hydrogen) atoms. The molecule has 0 radical (unpaired) electrons. The number of hydrogen-bond acceptors (Lipinski definition) is 3. The summed E-state index contributed by atoms with van der Waals surface area (Å²) in [7, 11) is 1.85. The molecule has 2 atom stereocenters. The standard InChI is InChI=1S/C14H21NO3/c1-3-12(15(2)10-9-13(16)17)14(18)11-7-5-4-6-8-11/h4-8,12,14,18H,3,9-10H2,1-2H3,(H,16,17). The maximum atomic E-state index is 10.6. The number of benzene rings is 1. The smallest absolute Gasteiger partial charge is 0.304 e. The van der Waals surface area contributed by atoms with Crippen molar-refractivity contribution >= 4 is 5.97 Å². The van der Waals surface area contributed by atoms with Crippen LogP contribution in [-0.4, -0.2) is 40.7 Å². The Morgan fingerprint density at radius 2 is 1.94 bits per heavy atom. The molecular formula is C14H21NO3. The second kappa shape index (κ2) is 7.13. The summed E-state index contributed by atoms with van der Waals surface area (Å²) in [6.07, 6.45) is 0.274. The zero-order valence-corrected chi connectivity index (χ0v) is 10.9. The van der Waals surface area contributed by atoms with Crippen LogP contribution in [0.25, 0.3) is 0 Å². The van der Waals surface area contributed by atoms with Gasteiger partial charge in [0, 0.05) is 12.6 Å². The van der Waals surface area contributed by atoms with Crippen molar-refractivity contribution in [2.75, 3.05) is 13.6 Å². The minimum Gasteiger partial charge on any atom is -0.481 e. The quantitative estimate of drug-likeness (QED) is 0.777. The van der Waals surface area contributed by atoms with Gasteiger partial charge in [-0.1, -0.05) is 37.3 Å². The Balaban J connectivity index is 2.67. The second-order valence-electron chi connectivity index (χ2n) is 4.46. The third kappa shape index (κ3) is 4.13. The van der Waals surface area contributed by atoms with Gasteiger partial charge in [-0.15, -0.1) is 0 Å². The predicted octanol–water partition coefficient (Wildman–Crippen LogP) is 1.91. The number of hydrogen-bond donors (Lipinski definition) is 2. The molecule has 4 heteroatoms. The SMILES string of the molecule is CCC(C(O)c1ccccc1)N(C)CCC(=O)O. The van der Waals surface area contributed by atoms with E-state index in [1.165, 1.54) is 0 Å². The molecule has 4 nitrogen and oxygen atoms in total. The van der Waals surface area contributed by atoms with Gasteiger partial charge >= 0.3 is 5.97 Å². The van der Waals surface area contributed by atoms with Crippen LogP contribution >= 0.6 is 0 Å². The maximum Gasteiger partial charge on any atom is 0.304 e. The van der Waals surface area contributed by atoms with Crippen LogP contribution in [0.5, 0.6) is 0 Å². The normalized spacial score (nSPS) is 14.4. The molecule has 0 bridgehead atoms. The van der Waals surface area contributed by atoms with Crippen molar-refractivity contribution in [3.8, 4) is 0 Å². The van der Waals surface area contributed by atoms with Gasteiger partial charge in [-0.3, -0.25) is 9.69 Å². The van der Waals surface area contributed by atoms with Gasteiger partial charge in [0.15, 0.2) is 0 Å². The van der Waals surface area contributed by atoms with Crippen molar-refractivity contribution in [3.05, 3.63) is 35.9 Å². The van der Waals surface area contributed by atoms with Crippen molar-refractivity contribution in [2.45, 2.75) is 31.9 Å². The first-order valence-electron chi connectivity index (χ1n) is 6.21. The summed E-state index contributed by atoms with van der Waals surface area (Å²) in [5, 5.41) is 19.0. The lowest BCUT2D eigenvalue weighted by Crippen LogP contribution is -2.37. The van der Waals surface area contributed by atoms with E-state index in [9.17, 15) is 9.90 Å². The molecule has 0 spiro atoms. The summed E-state index contributed by atoms with van der Waals surface area (Å²) in [4.78, 5) is 12.5. The molecule has 0 heterocycles. The van der Waals surface area contributed by atoms with Crippen molar-refractivity contribution in [1.29, 1.82) is 0 Å². The van der Waals surface area contributed by atoms with E-state index in [0.717, 1.165) is 12.0 Å². The van der Waals surface area contributed by atoms with Gasteiger partial charge in [0.25, 0.3) is 0 Å². The third-order valence-electron chi connectivity index (χ3n) is 3.17. The Labute approximate surface area is 108 Å². The molecule has 0 aliphatic heterocycles. The molecule has 2 N–H and O–H groups in total. The third-order valence-corrected chi connectivity index (χ3v) is 3.17. The van der Waals surface area contributed by atoms with Crippen LogP contribution < -0.4 is 0 Å². The van der Waals surface area contributed by atoms with Crippen LogP contribution in [0, 0.1) is 0 Å². The van der Waals surface area contributed by atoms with Gasteiger partial charge in [-0.25, -0.2) is 0 Å². The number of aliphatic carboxylic acids is 1.